The summed E-state index contributed by atoms with van der Waals surface area (Å²) in [6.45, 7) is 16.0. The molecule has 0 aliphatic heterocycles. The summed E-state index contributed by atoms with van der Waals surface area (Å²) in [5.74, 6) is 1.88. The number of hydrogen-bond acceptors (Lipinski definition) is 3. The zero-order valence-corrected chi connectivity index (χ0v) is 21.8. The number of fused-ring (bicyclic) bond motifs is 7. The van der Waals surface area contributed by atoms with Gasteiger partial charge in [-0.2, -0.15) is 5.26 Å². The largest absolute Gasteiger partial charge is 0.299 e. The van der Waals surface area contributed by atoms with E-state index in [9.17, 15) is 14.9 Å². The third-order valence-corrected chi connectivity index (χ3v) is 12.6. The molecule has 5 aliphatic carbocycles. The molecule has 5 rings (SSSR count). The number of ketones is 2. The molecule has 33 heavy (non-hydrogen) atoms. The summed E-state index contributed by atoms with van der Waals surface area (Å²) in [6.07, 6.45) is 11.3. The van der Waals surface area contributed by atoms with Crippen LogP contribution >= 0.6 is 0 Å². The van der Waals surface area contributed by atoms with Gasteiger partial charge in [-0.05, 0) is 89.9 Å². The van der Waals surface area contributed by atoms with E-state index in [0.29, 0.717) is 18.1 Å². The maximum Gasteiger partial charge on any atom is 0.161 e. The standard InChI is InChI=1S/C30H43NO2/c1-26(2)12-8-18-9-14-30(7)25(24(18)19(26)17-31)20(32)16-22-28(5)13-11-23(33)27(3,4)21(28)10-15-29(22,30)6/h11,13,18-19,21-22,24-25H,8-10,12,14-16H2,1-7H3. The second kappa shape index (κ2) is 6.83. The van der Waals surface area contributed by atoms with Crippen molar-refractivity contribution in [2.45, 2.75) is 93.4 Å². The number of carbonyl (C=O) groups excluding carboxylic acids is 2. The molecule has 0 spiro atoms. The van der Waals surface area contributed by atoms with Crippen molar-refractivity contribution in [1.29, 1.82) is 5.26 Å². The average molecular weight is 450 g/mol. The number of rotatable bonds is 0. The van der Waals surface area contributed by atoms with Crippen molar-refractivity contribution >= 4 is 11.6 Å². The molecule has 3 nitrogen and oxygen atoms in total. The Hall–Kier alpha value is -1.43. The van der Waals surface area contributed by atoms with Gasteiger partial charge in [0, 0.05) is 17.8 Å². The van der Waals surface area contributed by atoms with Crippen molar-refractivity contribution in [3.63, 3.8) is 0 Å². The third-order valence-electron chi connectivity index (χ3n) is 12.6. The number of carbonyl (C=O) groups is 2. The van der Waals surface area contributed by atoms with Crippen LogP contribution in [0.25, 0.3) is 0 Å². The fraction of sp³-hybridized carbons (Fsp3) is 0.833. The molecule has 0 aromatic heterocycles. The van der Waals surface area contributed by atoms with Crippen molar-refractivity contribution in [1.82, 2.24) is 0 Å². The summed E-state index contributed by atoms with van der Waals surface area (Å²) in [5, 5.41) is 10.3. The molecule has 0 aromatic carbocycles. The van der Waals surface area contributed by atoms with Crippen molar-refractivity contribution in [2.24, 2.45) is 62.6 Å². The number of allylic oxidation sites excluding steroid dienone is 2. The lowest BCUT2D eigenvalue weighted by molar-refractivity contribution is -0.214. The fourth-order valence-corrected chi connectivity index (χ4v) is 10.4. The molecule has 9 unspecified atom stereocenters. The van der Waals surface area contributed by atoms with Gasteiger partial charge in [0.05, 0.1) is 12.0 Å². The summed E-state index contributed by atoms with van der Waals surface area (Å²) in [4.78, 5) is 27.0. The molecule has 0 amide bonds. The second-order valence-corrected chi connectivity index (χ2v) is 14.4. The van der Waals surface area contributed by atoms with Crippen molar-refractivity contribution in [2.75, 3.05) is 0 Å². The number of Topliss-reactive ketones (excluding diaryl/α,β-unsaturated/α-hetero) is 1. The Morgan fingerprint density at radius 2 is 1.52 bits per heavy atom. The van der Waals surface area contributed by atoms with E-state index >= 15 is 0 Å². The monoisotopic (exact) mass is 449 g/mol. The van der Waals surface area contributed by atoms with Gasteiger partial charge < -0.3 is 0 Å². The maximum atomic E-state index is 14.2. The quantitative estimate of drug-likeness (QED) is 0.410. The molecular weight excluding hydrogens is 406 g/mol. The highest BCUT2D eigenvalue weighted by atomic mass is 16.1. The fourth-order valence-electron chi connectivity index (χ4n) is 10.4. The number of hydrogen-bond donors (Lipinski definition) is 0. The normalized spacial score (nSPS) is 52.1. The Morgan fingerprint density at radius 3 is 2.18 bits per heavy atom. The Morgan fingerprint density at radius 1 is 0.879 bits per heavy atom. The van der Waals surface area contributed by atoms with Gasteiger partial charge >= 0.3 is 0 Å². The first-order valence-corrected chi connectivity index (χ1v) is 13.4. The zero-order valence-electron chi connectivity index (χ0n) is 21.8. The summed E-state index contributed by atoms with van der Waals surface area (Å²) in [7, 11) is 0. The van der Waals surface area contributed by atoms with Gasteiger partial charge in [0.15, 0.2) is 5.78 Å². The first-order chi connectivity index (χ1) is 15.2. The Kier molecular flexibility index (Phi) is 4.82. The first kappa shape index (κ1) is 23.3. The van der Waals surface area contributed by atoms with E-state index in [0.717, 1.165) is 38.5 Å². The van der Waals surface area contributed by atoms with Gasteiger partial charge in [-0.15, -0.1) is 0 Å². The first-order valence-electron chi connectivity index (χ1n) is 13.4. The summed E-state index contributed by atoms with van der Waals surface area (Å²) < 4.78 is 0. The van der Waals surface area contributed by atoms with Gasteiger partial charge in [0.25, 0.3) is 0 Å². The predicted octanol–water partition coefficient (Wildman–Crippen LogP) is 6.77. The van der Waals surface area contributed by atoms with E-state index in [1.807, 2.05) is 6.08 Å². The topological polar surface area (TPSA) is 57.9 Å². The van der Waals surface area contributed by atoms with Gasteiger partial charge in [0.2, 0.25) is 0 Å². The second-order valence-electron chi connectivity index (χ2n) is 14.4. The highest BCUT2D eigenvalue weighted by Gasteiger charge is 2.70. The number of nitriles is 1. The van der Waals surface area contributed by atoms with Crippen molar-refractivity contribution in [3.8, 4) is 6.07 Å². The molecule has 0 radical (unpaired) electrons. The van der Waals surface area contributed by atoms with Crippen molar-refractivity contribution < 1.29 is 9.59 Å². The molecule has 4 fully saturated rings. The molecule has 0 heterocycles. The smallest absolute Gasteiger partial charge is 0.161 e. The van der Waals surface area contributed by atoms with Gasteiger partial charge in [-0.3, -0.25) is 9.59 Å². The SMILES string of the molecule is CC1(C)CCC2CCC3(C)C(C(=O)CC4C5(C)C=CC(=O)C(C)(C)C5CCC43C)C2C1C#N. The van der Waals surface area contributed by atoms with Gasteiger partial charge in [0.1, 0.15) is 5.78 Å². The van der Waals surface area contributed by atoms with E-state index in [1.54, 1.807) is 0 Å². The molecule has 180 valence electrons. The van der Waals surface area contributed by atoms with Crippen LogP contribution in [0.2, 0.25) is 0 Å². The zero-order chi connectivity index (χ0) is 24.2. The molecular formula is C30H43NO2. The minimum atomic E-state index is -0.372. The highest BCUT2D eigenvalue weighted by Crippen LogP contribution is 2.74. The van der Waals surface area contributed by atoms with E-state index in [2.05, 4.69) is 60.6 Å². The molecule has 0 aromatic rings. The molecule has 0 bridgehead atoms. The molecule has 9 atom stereocenters. The maximum absolute atomic E-state index is 14.2. The van der Waals surface area contributed by atoms with Crippen LogP contribution in [0.1, 0.15) is 93.4 Å². The minimum absolute atomic E-state index is 0.00378. The highest BCUT2D eigenvalue weighted by molar-refractivity contribution is 5.96. The summed E-state index contributed by atoms with van der Waals surface area (Å²) in [6, 6.07) is 2.72. The summed E-state index contributed by atoms with van der Waals surface area (Å²) in [5.41, 5.74) is -0.561. The minimum Gasteiger partial charge on any atom is -0.299 e. The molecule has 4 saturated carbocycles. The van der Waals surface area contributed by atoms with Crippen LogP contribution in [0.15, 0.2) is 12.2 Å². The van der Waals surface area contributed by atoms with Gasteiger partial charge in [-0.25, -0.2) is 0 Å². The van der Waals surface area contributed by atoms with E-state index in [1.165, 1.54) is 0 Å². The average Bonchev–Trinajstić information content (AvgIpc) is 2.72. The van der Waals surface area contributed by atoms with Crippen LogP contribution in [0.3, 0.4) is 0 Å². The molecule has 3 heteroatoms. The lowest BCUT2D eigenvalue weighted by Gasteiger charge is -2.71. The predicted molar refractivity (Wildman–Crippen MR) is 130 cm³/mol. The van der Waals surface area contributed by atoms with Crippen LogP contribution in [-0.4, -0.2) is 11.6 Å². The van der Waals surface area contributed by atoms with E-state index in [4.69, 9.17) is 0 Å². The lowest BCUT2D eigenvalue weighted by atomic mass is 9.32. The van der Waals surface area contributed by atoms with Crippen molar-refractivity contribution in [3.05, 3.63) is 12.2 Å². The lowest BCUT2D eigenvalue weighted by Crippen LogP contribution is -2.68. The van der Waals surface area contributed by atoms with Gasteiger partial charge in [-0.1, -0.05) is 54.5 Å². The number of nitrogens with zero attached hydrogens (tertiary/aromatic N) is 1. The third kappa shape index (κ3) is 2.73. The van der Waals surface area contributed by atoms with Crippen LogP contribution in [-0.2, 0) is 9.59 Å². The van der Waals surface area contributed by atoms with Crippen LogP contribution < -0.4 is 0 Å². The van der Waals surface area contributed by atoms with Crippen LogP contribution in [0.5, 0.6) is 0 Å². The van der Waals surface area contributed by atoms with E-state index < -0.39 is 0 Å². The Labute approximate surface area is 200 Å². The molecule has 0 N–H and O–H groups in total. The summed E-state index contributed by atoms with van der Waals surface area (Å²) >= 11 is 0. The van der Waals surface area contributed by atoms with E-state index in [-0.39, 0.29) is 62.4 Å². The Bertz CT molecular complexity index is 968. The van der Waals surface area contributed by atoms with Crippen LogP contribution in [0.4, 0.5) is 0 Å². The Balaban J connectivity index is 1.61. The molecule has 5 aliphatic rings. The molecule has 0 saturated heterocycles. The van der Waals surface area contributed by atoms with Crippen LogP contribution in [0, 0.1) is 73.9 Å².